The van der Waals surface area contributed by atoms with Crippen molar-refractivity contribution in [3.63, 3.8) is 0 Å². The number of benzene rings is 2. The summed E-state index contributed by atoms with van der Waals surface area (Å²) in [6.07, 6.45) is 0. The molecule has 0 fully saturated rings. The SMILES string of the molecule is CCOC(=O)c1ccc(-n2c(=S)sc3c(=O)n(-c4ccccc4)c(SCC(=O)C(C)(C)C)nc32)cc1. The molecular formula is C26H25N3O4S3. The summed E-state index contributed by atoms with van der Waals surface area (Å²) in [5, 5.41) is 0.404. The highest BCUT2D eigenvalue weighted by Gasteiger charge is 2.24. The van der Waals surface area contributed by atoms with Crippen LogP contribution in [0.15, 0.2) is 64.5 Å². The third-order valence-corrected chi connectivity index (χ3v) is 7.69. The molecular weight excluding hydrogens is 515 g/mol. The molecule has 0 aliphatic rings. The van der Waals surface area contributed by atoms with Crippen LogP contribution in [0.25, 0.3) is 21.7 Å². The summed E-state index contributed by atoms with van der Waals surface area (Å²) in [6, 6.07) is 16.0. The lowest BCUT2D eigenvalue weighted by Crippen LogP contribution is -2.24. The highest BCUT2D eigenvalue weighted by molar-refractivity contribution is 7.99. The van der Waals surface area contributed by atoms with Crippen molar-refractivity contribution in [2.75, 3.05) is 12.4 Å². The fourth-order valence-electron chi connectivity index (χ4n) is 3.37. The summed E-state index contributed by atoms with van der Waals surface area (Å²) in [4.78, 5) is 43.3. The Bertz CT molecular complexity index is 1550. The van der Waals surface area contributed by atoms with E-state index in [2.05, 4.69) is 0 Å². The number of thioether (sulfide) groups is 1. The largest absolute Gasteiger partial charge is 0.462 e. The molecule has 0 N–H and O–H groups in total. The number of esters is 1. The molecule has 0 aliphatic heterocycles. The van der Waals surface area contributed by atoms with Gasteiger partial charge in [-0.3, -0.25) is 18.7 Å². The summed E-state index contributed by atoms with van der Waals surface area (Å²) >= 11 is 8.03. The Hall–Kier alpha value is -3.08. The lowest BCUT2D eigenvalue weighted by atomic mass is 9.92. The van der Waals surface area contributed by atoms with Gasteiger partial charge in [0.25, 0.3) is 5.56 Å². The Kier molecular flexibility index (Phi) is 7.58. The number of thiazole rings is 1. The van der Waals surface area contributed by atoms with Gasteiger partial charge in [-0.05, 0) is 55.5 Å². The normalized spacial score (nSPS) is 11.6. The molecule has 2 aromatic carbocycles. The molecule has 0 saturated carbocycles. The Labute approximate surface area is 221 Å². The van der Waals surface area contributed by atoms with Crippen molar-refractivity contribution >= 4 is 57.4 Å². The molecule has 4 aromatic rings. The summed E-state index contributed by atoms with van der Waals surface area (Å²) < 4.78 is 9.16. The second kappa shape index (κ2) is 10.5. The van der Waals surface area contributed by atoms with E-state index in [4.69, 9.17) is 21.9 Å². The van der Waals surface area contributed by atoms with E-state index in [9.17, 15) is 14.4 Å². The van der Waals surface area contributed by atoms with Gasteiger partial charge in [0.2, 0.25) is 0 Å². The zero-order valence-corrected chi connectivity index (χ0v) is 22.8. The molecule has 36 heavy (non-hydrogen) atoms. The van der Waals surface area contributed by atoms with Crippen LogP contribution in [-0.4, -0.2) is 38.2 Å². The number of aromatic nitrogens is 3. The first kappa shape index (κ1) is 26.0. The second-order valence-electron chi connectivity index (χ2n) is 8.96. The Morgan fingerprint density at radius 1 is 1.03 bits per heavy atom. The Morgan fingerprint density at radius 2 is 1.67 bits per heavy atom. The van der Waals surface area contributed by atoms with Crippen molar-refractivity contribution in [1.29, 1.82) is 0 Å². The average Bonchev–Trinajstić information content (AvgIpc) is 3.18. The first-order chi connectivity index (χ1) is 17.1. The second-order valence-corrected chi connectivity index (χ2v) is 11.5. The predicted molar refractivity (Wildman–Crippen MR) is 147 cm³/mol. The molecule has 0 atom stereocenters. The van der Waals surface area contributed by atoms with E-state index in [-0.39, 0.29) is 23.7 Å². The van der Waals surface area contributed by atoms with Crippen LogP contribution in [0, 0.1) is 9.37 Å². The van der Waals surface area contributed by atoms with Crippen molar-refractivity contribution in [1.82, 2.24) is 14.1 Å². The van der Waals surface area contributed by atoms with Gasteiger partial charge in [-0.25, -0.2) is 9.78 Å². The molecule has 2 aromatic heterocycles. The number of carbonyl (C=O) groups is 2. The van der Waals surface area contributed by atoms with E-state index in [0.29, 0.717) is 36.4 Å². The third kappa shape index (κ3) is 5.21. The molecule has 0 radical (unpaired) electrons. The number of ketones is 1. The van der Waals surface area contributed by atoms with Gasteiger partial charge >= 0.3 is 5.97 Å². The van der Waals surface area contributed by atoms with Crippen LogP contribution < -0.4 is 5.56 Å². The number of Topliss-reactive ketones (excluding diaryl/α,β-unsaturated/α-hetero) is 1. The van der Waals surface area contributed by atoms with Gasteiger partial charge in [0.15, 0.2) is 14.8 Å². The zero-order valence-electron chi connectivity index (χ0n) is 20.3. The monoisotopic (exact) mass is 539 g/mol. The number of carbonyl (C=O) groups excluding carboxylic acids is 2. The molecule has 0 saturated heterocycles. The number of hydrogen-bond acceptors (Lipinski definition) is 8. The van der Waals surface area contributed by atoms with E-state index in [1.165, 1.54) is 27.7 Å². The maximum Gasteiger partial charge on any atom is 0.338 e. The van der Waals surface area contributed by atoms with Crippen molar-refractivity contribution in [3.05, 3.63) is 74.5 Å². The topological polar surface area (TPSA) is 83.2 Å². The van der Waals surface area contributed by atoms with Gasteiger partial charge in [-0.1, -0.05) is 62.1 Å². The molecule has 7 nitrogen and oxygen atoms in total. The number of hydrogen-bond donors (Lipinski definition) is 0. The number of ether oxygens (including phenoxy) is 1. The quantitative estimate of drug-likeness (QED) is 0.126. The van der Waals surface area contributed by atoms with Crippen molar-refractivity contribution in [2.24, 2.45) is 5.41 Å². The maximum atomic E-state index is 13.7. The van der Waals surface area contributed by atoms with Crippen LogP contribution in [0.3, 0.4) is 0 Å². The molecule has 0 amide bonds. The van der Waals surface area contributed by atoms with Gasteiger partial charge < -0.3 is 4.74 Å². The van der Waals surface area contributed by atoms with E-state index < -0.39 is 11.4 Å². The number of fused-ring (bicyclic) bond motifs is 1. The van der Waals surface area contributed by atoms with E-state index >= 15 is 0 Å². The minimum atomic E-state index is -0.508. The van der Waals surface area contributed by atoms with Crippen LogP contribution in [0.5, 0.6) is 0 Å². The highest BCUT2D eigenvalue weighted by Crippen LogP contribution is 2.29. The van der Waals surface area contributed by atoms with Gasteiger partial charge in [0.1, 0.15) is 10.5 Å². The Balaban J connectivity index is 1.88. The minimum absolute atomic E-state index is 0.0539. The number of rotatable bonds is 7. The fraction of sp³-hybridized carbons (Fsp3) is 0.269. The maximum absolute atomic E-state index is 13.7. The van der Waals surface area contributed by atoms with Crippen LogP contribution in [0.4, 0.5) is 0 Å². The van der Waals surface area contributed by atoms with Gasteiger partial charge in [-0.2, -0.15) is 0 Å². The van der Waals surface area contributed by atoms with Gasteiger partial charge in [0, 0.05) is 11.1 Å². The molecule has 0 bridgehead atoms. The smallest absolute Gasteiger partial charge is 0.338 e. The predicted octanol–water partition coefficient (Wildman–Crippen LogP) is 5.85. The molecule has 186 valence electrons. The fourth-order valence-corrected chi connectivity index (χ4v) is 5.84. The van der Waals surface area contributed by atoms with E-state index in [0.717, 1.165) is 0 Å². The molecule has 2 heterocycles. The van der Waals surface area contributed by atoms with Crippen LogP contribution in [0.1, 0.15) is 38.1 Å². The van der Waals surface area contributed by atoms with Crippen LogP contribution in [-0.2, 0) is 9.53 Å². The Morgan fingerprint density at radius 3 is 2.28 bits per heavy atom. The lowest BCUT2D eigenvalue weighted by Gasteiger charge is -2.17. The van der Waals surface area contributed by atoms with Crippen molar-refractivity contribution < 1.29 is 14.3 Å². The lowest BCUT2D eigenvalue weighted by molar-refractivity contribution is -0.123. The van der Waals surface area contributed by atoms with Gasteiger partial charge in [-0.15, -0.1) is 0 Å². The molecule has 10 heteroatoms. The van der Waals surface area contributed by atoms with Crippen molar-refractivity contribution in [2.45, 2.75) is 32.9 Å². The van der Waals surface area contributed by atoms with Crippen molar-refractivity contribution in [3.8, 4) is 11.4 Å². The zero-order chi connectivity index (χ0) is 26.0. The van der Waals surface area contributed by atoms with E-state index in [1.54, 1.807) is 35.8 Å². The highest BCUT2D eigenvalue weighted by atomic mass is 32.2. The summed E-state index contributed by atoms with van der Waals surface area (Å²) in [5.41, 5.74) is 1.40. The molecule has 0 aliphatic carbocycles. The average molecular weight is 540 g/mol. The standard InChI is InChI=1S/C26H25N3O4S3/c1-5-33-23(32)16-11-13-18(14-12-16)28-21-20(36-25(28)34)22(31)29(17-9-7-6-8-10-17)24(27-21)35-15-19(30)26(2,3)4/h6-14H,5,15H2,1-4H3. The minimum Gasteiger partial charge on any atom is -0.462 e. The summed E-state index contributed by atoms with van der Waals surface area (Å²) in [6.45, 7) is 7.64. The van der Waals surface area contributed by atoms with E-state index in [1.807, 2.05) is 51.1 Å². The summed E-state index contributed by atoms with van der Waals surface area (Å²) in [5.74, 6) is -0.181. The number of para-hydroxylation sites is 1. The molecule has 0 unspecified atom stereocenters. The summed E-state index contributed by atoms with van der Waals surface area (Å²) in [7, 11) is 0. The van der Waals surface area contributed by atoms with Crippen LogP contribution in [0.2, 0.25) is 0 Å². The third-order valence-electron chi connectivity index (χ3n) is 5.40. The number of nitrogens with zero attached hydrogens (tertiary/aromatic N) is 3. The molecule has 0 spiro atoms. The first-order valence-corrected chi connectivity index (χ1v) is 13.5. The van der Waals surface area contributed by atoms with Gasteiger partial charge in [0.05, 0.1) is 23.6 Å². The molecule has 4 rings (SSSR count). The first-order valence-electron chi connectivity index (χ1n) is 11.3. The van der Waals surface area contributed by atoms with Crippen LogP contribution >= 0.6 is 35.3 Å².